The summed E-state index contributed by atoms with van der Waals surface area (Å²) < 4.78 is 5.12. The van der Waals surface area contributed by atoms with Gasteiger partial charge in [0.05, 0.1) is 12.8 Å². The van der Waals surface area contributed by atoms with Gasteiger partial charge in [-0.2, -0.15) is 0 Å². The molecular weight excluding hydrogens is 334 g/mol. The number of piperazine rings is 1. The van der Waals surface area contributed by atoms with Crippen molar-refractivity contribution < 1.29 is 18.8 Å². The maximum absolute atomic E-state index is 12.3. The Hall–Kier alpha value is -3.09. The number of hydrogen-bond acceptors (Lipinski definition) is 4. The van der Waals surface area contributed by atoms with Crippen LogP contribution >= 0.6 is 0 Å². The van der Waals surface area contributed by atoms with Crippen LogP contribution in [0.15, 0.2) is 47.1 Å². The van der Waals surface area contributed by atoms with Crippen molar-refractivity contribution in [1.82, 2.24) is 15.1 Å². The summed E-state index contributed by atoms with van der Waals surface area (Å²) in [5, 5.41) is 2.65. The van der Waals surface area contributed by atoms with E-state index >= 15 is 0 Å². The first kappa shape index (κ1) is 17.7. The third-order valence-electron chi connectivity index (χ3n) is 4.37. The van der Waals surface area contributed by atoms with Crippen molar-refractivity contribution in [2.75, 3.05) is 32.7 Å². The molecule has 0 bridgehead atoms. The van der Waals surface area contributed by atoms with Gasteiger partial charge in [0.15, 0.2) is 5.76 Å². The van der Waals surface area contributed by atoms with Crippen molar-refractivity contribution in [3.05, 3.63) is 59.5 Å². The van der Waals surface area contributed by atoms with Gasteiger partial charge in [0.25, 0.3) is 11.8 Å². The highest BCUT2D eigenvalue weighted by Gasteiger charge is 2.26. The van der Waals surface area contributed by atoms with Gasteiger partial charge in [0, 0.05) is 31.7 Å². The van der Waals surface area contributed by atoms with Gasteiger partial charge in [0.2, 0.25) is 5.91 Å². The Morgan fingerprint density at radius 2 is 1.65 bits per heavy atom. The van der Waals surface area contributed by atoms with Crippen molar-refractivity contribution in [3.8, 4) is 0 Å². The first-order valence-electron chi connectivity index (χ1n) is 8.50. The monoisotopic (exact) mass is 355 g/mol. The minimum absolute atomic E-state index is 0.0567. The molecule has 0 saturated carbocycles. The average molecular weight is 355 g/mol. The fraction of sp³-hybridized carbons (Fsp3) is 0.316. The predicted octanol–water partition coefficient (Wildman–Crippen LogP) is 1.30. The Bertz CT molecular complexity index is 776. The van der Waals surface area contributed by atoms with Gasteiger partial charge >= 0.3 is 0 Å². The summed E-state index contributed by atoms with van der Waals surface area (Å²) in [6, 6.07) is 10.5. The Balaban J connectivity index is 1.45. The van der Waals surface area contributed by atoms with E-state index in [1.165, 1.54) is 6.26 Å². The zero-order valence-electron chi connectivity index (χ0n) is 14.6. The molecule has 1 aliphatic heterocycles. The number of amides is 3. The molecule has 3 amide bonds. The highest BCUT2D eigenvalue weighted by atomic mass is 16.3. The maximum Gasteiger partial charge on any atom is 0.289 e. The molecule has 0 atom stereocenters. The summed E-state index contributed by atoms with van der Waals surface area (Å²) in [7, 11) is 0. The zero-order chi connectivity index (χ0) is 18.5. The molecule has 0 radical (unpaired) electrons. The van der Waals surface area contributed by atoms with Crippen LogP contribution in [0.3, 0.4) is 0 Å². The van der Waals surface area contributed by atoms with E-state index in [1.807, 2.05) is 19.1 Å². The van der Waals surface area contributed by atoms with Gasteiger partial charge in [-0.1, -0.05) is 17.7 Å². The second-order valence-corrected chi connectivity index (χ2v) is 6.20. The Kier molecular flexibility index (Phi) is 5.36. The molecule has 1 aromatic carbocycles. The van der Waals surface area contributed by atoms with Crippen LogP contribution < -0.4 is 5.32 Å². The van der Waals surface area contributed by atoms with Crippen LogP contribution in [0.5, 0.6) is 0 Å². The topological polar surface area (TPSA) is 82.9 Å². The van der Waals surface area contributed by atoms with E-state index in [0.29, 0.717) is 37.5 Å². The quantitative estimate of drug-likeness (QED) is 0.896. The van der Waals surface area contributed by atoms with Crippen molar-refractivity contribution in [2.24, 2.45) is 0 Å². The SMILES string of the molecule is Cc1ccc(C(=O)NCC(=O)N2CCN(C(=O)c3ccco3)CC2)cc1. The third kappa shape index (κ3) is 4.11. The fourth-order valence-corrected chi connectivity index (χ4v) is 2.79. The zero-order valence-corrected chi connectivity index (χ0v) is 14.6. The number of rotatable bonds is 4. The first-order valence-corrected chi connectivity index (χ1v) is 8.50. The summed E-state index contributed by atoms with van der Waals surface area (Å²) in [5.41, 5.74) is 1.59. The Morgan fingerprint density at radius 1 is 1.00 bits per heavy atom. The van der Waals surface area contributed by atoms with Gasteiger partial charge in [-0.25, -0.2) is 0 Å². The van der Waals surface area contributed by atoms with Crippen LogP contribution in [0.2, 0.25) is 0 Å². The van der Waals surface area contributed by atoms with E-state index in [1.54, 1.807) is 34.1 Å². The normalized spacial score (nSPS) is 14.2. The van der Waals surface area contributed by atoms with E-state index in [4.69, 9.17) is 4.42 Å². The van der Waals surface area contributed by atoms with Crippen molar-refractivity contribution >= 4 is 17.7 Å². The van der Waals surface area contributed by atoms with Crippen LogP contribution in [0.25, 0.3) is 0 Å². The lowest BCUT2D eigenvalue weighted by Gasteiger charge is -2.34. The van der Waals surface area contributed by atoms with Crippen LogP contribution in [-0.4, -0.2) is 60.2 Å². The van der Waals surface area contributed by atoms with E-state index in [2.05, 4.69) is 5.32 Å². The van der Waals surface area contributed by atoms with Gasteiger partial charge in [-0.05, 0) is 31.2 Å². The average Bonchev–Trinajstić information content (AvgIpc) is 3.20. The van der Waals surface area contributed by atoms with E-state index in [9.17, 15) is 14.4 Å². The molecule has 0 unspecified atom stereocenters. The standard InChI is InChI=1S/C19H21N3O4/c1-14-4-6-15(7-5-14)18(24)20-13-17(23)21-8-10-22(11-9-21)19(25)16-3-2-12-26-16/h2-7,12H,8-11,13H2,1H3,(H,20,24). The van der Waals surface area contributed by atoms with Gasteiger partial charge < -0.3 is 19.5 Å². The molecule has 0 spiro atoms. The highest BCUT2D eigenvalue weighted by Crippen LogP contribution is 2.09. The molecule has 7 heteroatoms. The molecule has 1 fully saturated rings. The lowest BCUT2D eigenvalue weighted by molar-refractivity contribution is -0.131. The van der Waals surface area contributed by atoms with Crippen LogP contribution in [0.1, 0.15) is 26.5 Å². The largest absolute Gasteiger partial charge is 0.459 e. The molecule has 1 saturated heterocycles. The van der Waals surface area contributed by atoms with E-state index < -0.39 is 0 Å². The maximum atomic E-state index is 12.3. The number of hydrogen-bond donors (Lipinski definition) is 1. The molecule has 26 heavy (non-hydrogen) atoms. The fourth-order valence-electron chi connectivity index (χ4n) is 2.79. The summed E-state index contributed by atoms with van der Waals surface area (Å²) >= 11 is 0. The summed E-state index contributed by atoms with van der Waals surface area (Å²) in [4.78, 5) is 39.9. The summed E-state index contributed by atoms with van der Waals surface area (Å²) in [5.74, 6) is -0.301. The van der Waals surface area contributed by atoms with Crippen LogP contribution in [0, 0.1) is 6.92 Å². The lowest BCUT2D eigenvalue weighted by Crippen LogP contribution is -2.52. The molecule has 1 N–H and O–H groups in total. The van der Waals surface area contributed by atoms with Crippen LogP contribution in [-0.2, 0) is 4.79 Å². The smallest absolute Gasteiger partial charge is 0.289 e. The molecule has 0 aliphatic carbocycles. The molecule has 1 aromatic heterocycles. The van der Waals surface area contributed by atoms with E-state index in [-0.39, 0.29) is 24.3 Å². The minimum Gasteiger partial charge on any atom is -0.459 e. The van der Waals surface area contributed by atoms with Gasteiger partial charge in [0.1, 0.15) is 0 Å². The molecule has 2 heterocycles. The number of carbonyl (C=O) groups is 3. The molecule has 3 rings (SSSR count). The van der Waals surface area contributed by atoms with Crippen molar-refractivity contribution in [1.29, 1.82) is 0 Å². The summed E-state index contributed by atoms with van der Waals surface area (Å²) in [6.07, 6.45) is 1.46. The van der Waals surface area contributed by atoms with Crippen molar-refractivity contribution in [3.63, 3.8) is 0 Å². The predicted molar refractivity (Wildman–Crippen MR) is 94.7 cm³/mol. The number of nitrogens with one attached hydrogen (secondary N) is 1. The Labute approximate surface area is 151 Å². The second-order valence-electron chi connectivity index (χ2n) is 6.20. The highest BCUT2D eigenvalue weighted by molar-refractivity contribution is 5.96. The lowest BCUT2D eigenvalue weighted by atomic mass is 10.1. The molecule has 1 aliphatic rings. The van der Waals surface area contributed by atoms with E-state index in [0.717, 1.165) is 5.56 Å². The molecular formula is C19H21N3O4. The molecule has 7 nitrogen and oxygen atoms in total. The molecule has 136 valence electrons. The van der Waals surface area contributed by atoms with Crippen LogP contribution in [0.4, 0.5) is 0 Å². The number of carbonyl (C=O) groups excluding carboxylic acids is 3. The van der Waals surface area contributed by atoms with Gasteiger partial charge in [-0.15, -0.1) is 0 Å². The summed E-state index contributed by atoms with van der Waals surface area (Å²) in [6.45, 7) is 3.64. The van der Waals surface area contributed by atoms with Gasteiger partial charge in [-0.3, -0.25) is 14.4 Å². The van der Waals surface area contributed by atoms with Crippen molar-refractivity contribution in [2.45, 2.75) is 6.92 Å². The third-order valence-corrected chi connectivity index (χ3v) is 4.37. The minimum atomic E-state index is -0.273. The number of aryl methyl sites for hydroxylation is 1. The number of nitrogens with zero attached hydrogens (tertiary/aromatic N) is 2. The molecule has 2 aromatic rings. The Morgan fingerprint density at radius 3 is 2.27 bits per heavy atom. The number of benzene rings is 1. The second kappa shape index (κ2) is 7.86. The first-order chi connectivity index (χ1) is 12.5. The number of furan rings is 1.